The van der Waals surface area contributed by atoms with Gasteiger partial charge >= 0.3 is 5.97 Å². The summed E-state index contributed by atoms with van der Waals surface area (Å²) >= 11 is 0. The maximum atomic E-state index is 12.8. The molecule has 2 aliphatic rings. The molecule has 1 spiro atoms. The number of nitrogens with zero attached hydrogens (tertiary/aromatic N) is 2. The summed E-state index contributed by atoms with van der Waals surface area (Å²) in [5, 5.41) is 9.16. The minimum absolute atomic E-state index is 0.262. The highest BCUT2D eigenvalue weighted by Crippen LogP contribution is 2.35. The van der Waals surface area contributed by atoms with Crippen molar-refractivity contribution in [1.29, 1.82) is 0 Å². The van der Waals surface area contributed by atoms with E-state index in [9.17, 15) is 9.59 Å². The number of carboxylic acid groups (broad SMARTS) is 1. The number of fused-ring (bicyclic) bond motifs is 1. The van der Waals surface area contributed by atoms with E-state index in [1.165, 1.54) is 4.90 Å². The minimum atomic E-state index is -1.00. The van der Waals surface area contributed by atoms with Gasteiger partial charge in [0.25, 0.3) is 5.91 Å². The monoisotopic (exact) mass is 318 g/mol. The lowest BCUT2D eigenvalue weighted by Crippen LogP contribution is -2.54. The van der Waals surface area contributed by atoms with E-state index in [0.717, 1.165) is 31.5 Å². The van der Waals surface area contributed by atoms with E-state index in [1.807, 2.05) is 19.1 Å². The molecule has 1 N–H and O–H groups in total. The zero-order valence-electron chi connectivity index (χ0n) is 13.5. The summed E-state index contributed by atoms with van der Waals surface area (Å²) in [5.41, 5.74) is 0.912. The SMILES string of the molecule is Cc1ccc2c(c1)C(=O)N(CC(=O)O)CC1(CCN(C)CC1)O2. The lowest BCUT2D eigenvalue weighted by Gasteiger charge is -2.41. The maximum absolute atomic E-state index is 12.8. The van der Waals surface area contributed by atoms with Crippen LogP contribution in [0.5, 0.6) is 5.75 Å². The van der Waals surface area contributed by atoms with Gasteiger partial charge in [0.2, 0.25) is 0 Å². The van der Waals surface area contributed by atoms with Crippen molar-refractivity contribution in [1.82, 2.24) is 9.80 Å². The largest absolute Gasteiger partial charge is 0.484 e. The zero-order valence-corrected chi connectivity index (χ0v) is 13.5. The predicted octanol–water partition coefficient (Wildman–Crippen LogP) is 1.38. The van der Waals surface area contributed by atoms with Crippen molar-refractivity contribution in [2.24, 2.45) is 0 Å². The Kier molecular flexibility index (Phi) is 4.02. The first-order chi connectivity index (χ1) is 10.9. The fourth-order valence-corrected chi connectivity index (χ4v) is 3.33. The summed E-state index contributed by atoms with van der Waals surface area (Å²) < 4.78 is 6.29. The molecule has 0 atom stereocenters. The van der Waals surface area contributed by atoms with Crippen LogP contribution in [0.1, 0.15) is 28.8 Å². The summed E-state index contributed by atoms with van der Waals surface area (Å²) in [6, 6.07) is 5.52. The number of rotatable bonds is 2. The molecule has 6 nitrogen and oxygen atoms in total. The summed E-state index contributed by atoms with van der Waals surface area (Å²) in [4.78, 5) is 27.6. The second-order valence-corrected chi connectivity index (χ2v) is 6.64. The molecule has 6 heteroatoms. The minimum Gasteiger partial charge on any atom is -0.484 e. The molecule has 3 rings (SSSR count). The first-order valence-corrected chi connectivity index (χ1v) is 7.88. The summed E-state index contributed by atoms with van der Waals surface area (Å²) in [7, 11) is 2.06. The van der Waals surface area contributed by atoms with Crippen LogP contribution in [0.2, 0.25) is 0 Å². The van der Waals surface area contributed by atoms with Crippen LogP contribution in [-0.4, -0.2) is 65.6 Å². The van der Waals surface area contributed by atoms with Crippen molar-refractivity contribution in [3.05, 3.63) is 29.3 Å². The summed E-state index contributed by atoms with van der Waals surface area (Å²) in [6.07, 6.45) is 1.56. The highest BCUT2D eigenvalue weighted by Gasteiger charge is 2.42. The molecule has 0 saturated carbocycles. The third kappa shape index (κ3) is 3.17. The average Bonchev–Trinajstić information content (AvgIpc) is 2.60. The van der Waals surface area contributed by atoms with Gasteiger partial charge in [0.1, 0.15) is 17.9 Å². The molecule has 0 aromatic heterocycles. The Morgan fingerprint density at radius 2 is 2.04 bits per heavy atom. The molecular formula is C17H22N2O4. The van der Waals surface area contributed by atoms with Gasteiger partial charge in [0.15, 0.2) is 0 Å². The van der Waals surface area contributed by atoms with Crippen LogP contribution in [0.3, 0.4) is 0 Å². The van der Waals surface area contributed by atoms with E-state index >= 15 is 0 Å². The molecule has 124 valence electrons. The normalized spacial score (nSPS) is 20.8. The zero-order chi connectivity index (χ0) is 16.6. The highest BCUT2D eigenvalue weighted by molar-refractivity contribution is 5.99. The van der Waals surface area contributed by atoms with E-state index in [1.54, 1.807) is 6.07 Å². The number of carbonyl (C=O) groups is 2. The number of ether oxygens (including phenoxy) is 1. The van der Waals surface area contributed by atoms with Crippen molar-refractivity contribution in [2.45, 2.75) is 25.4 Å². The number of aliphatic carboxylic acids is 1. The van der Waals surface area contributed by atoms with Gasteiger partial charge in [-0.25, -0.2) is 0 Å². The first kappa shape index (κ1) is 15.8. The lowest BCUT2D eigenvalue weighted by atomic mass is 9.90. The summed E-state index contributed by atoms with van der Waals surface area (Å²) in [5.74, 6) is -0.697. The van der Waals surface area contributed by atoms with Crippen molar-refractivity contribution in [2.75, 3.05) is 33.2 Å². The molecule has 0 unspecified atom stereocenters. The number of piperidine rings is 1. The quantitative estimate of drug-likeness (QED) is 0.892. The number of benzene rings is 1. The highest BCUT2D eigenvalue weighted by atomic mass is 16.5. The fraction of sp³-hybridized carbons (Fsp3) is 0.529. The van der Waals surface area contributed by atoms with Crippen molar-refractivity contribution >= 4 is 11.9 Å². The number of hydrogen-bond acceptors (Lipinski definition) is 4. The Labute approximate surface area is 135 Å². The number of hydrogen-bond donors (Lipinski definition) is 1. The van der Waals surface area contributed by atoms with Gasteiger partial charge in [-0.1, -0.05) is 11.6 Å². The van der Waals surface area contributed by atoms with Gasteiger partial charge in [-0.05, 0) is 26.1 Å². The van der Waals surface area contributed by atoms with Gasteiger partial charge in [-0.2, -0.15) is 0 Å². The number of carboxylic acids is 1. The second kappa shape index (κ2) is 5.85. The van der Waals surface area contributed by atoms with E-state index in [-0.39, 0.29) is 12.5 Å². The molecule has 1 saturated heterocycles. The van der Waals surface area contributed by atoms with Crippen molar-refractivity contribution in [3.63, 3.8) is 0 Å². The average molecular weight is 318 g/mol. The van der Waals surface area contributed by atoms with E-state index < -0.39 is 11.6 Å². The number of likely N-dealkylation sites (tertiary alicyclic amines) is 1. The molecule has 1 aromatic rings. The van der Waals surface area contributed by atoms with Gasteiger partial charge in [0.05, 0.1) is 12.1 Å². The Morgan fingerprint density at radius 1 is 1.35 bits per heavy atom. The van der Waals surface area contributed by atoms with Gasteiger partial charge < -0.3 is 19.6 Å². The fourth-order valence-electron chi connectivity index (χ4n) is 3.33. The van der Waals surface area contributed by atoms with E-state index in [4.69, 9.17) is 9.84 Å². The van der Waals surface area contributed by atoms with Crippen LogP contribution in [0.15, 0.2) is 18.2 Å². The lowest BCUT2D eigenvalue weighted by molar-refractivity contribution is -0.138. The molecule has 0 aliphatic carbocycles. The van der Waals surface area contributed by atoms with Gasteiger partial charge in [0, 0.05) is 25.9 Å². The Morgan fingerprint density at radius 3 is 2.70 bits per heavy atom. The van der Waals surface area contributed by atoms with E-state index in [2.05, 4.69) is 11.9 Å². The number of aryl methyl sites for hydroxylation is 1. The first-order valence-electron chi connectivity index (χ1n) is 7.88. The molecule has 0 bridgehead atoms. The van der Waals surface area contributed by atoms with Crippen molar-refractivity contribution in [3.8, 4) is 5.75 Å². The molecule has 1 fully saturated rings. The third-order valence-electron chi connectivity index (χ3n) is 4.68. The van der Waals surface area contributed by atoms with Gasteiger partial charge in [-0.3, -0.25) is 9.59 Å². The smallest absolute Gasteiger partial charge is 0.323 e. The van der Waals surface area contributed by atoms with Crippen LogP contribution in [0, 0.1) is 6.92 Å². The Balaban J connectivity index is 2.00. The standard InChI is InChI=1S/C17H22N2O4/c1-12-3-4-14-13(9-12)16(22)19(10-15(20)21)11-17(23-14)5-7-18(2)8-6-17/h3-4,9H,5-8,10-11H2,1-2H3,(H,20,21). The van der Waals surface area contributed by atoms with Crippen LogP contribution >= 0.6 is 0 Å². The molecular weight excluding hydrogens is 296 g/mol. The molecule has 1 amide bonds. The number of amides is 1. The molecule has 0 radical (unpaired) electrons. The number of carbonyl (C=O) groups excluding carboxylic acids is 1. The Hall–Kier alpha value is -2.08. The molecule has 23 heavy (non-hydrogen) atoms. The van der Waals surface area contributed by atoms with Crippen LogP contribution in [0.4, 0.5) is 0 Å². The summed E-state index contributed by atoms with van der Waals surface area (Å²) in [6.45, 7) is 3.67. The van der Waals surface area contributed by atoms with Crippen LogP contribution in [-0.2, 0) is 4.79 Å². The third-order valence-corrected chi connectivity index (χ3v) is 4.68. The Bertz CT molecular complexity index is 635. The molecule has 1 aromatic carbocycles. The second-order valence-electron chi connectivity index (χ2n) is 6.64. The van der Waals surface area contributed by atoms with Crippen LogP contribution < -0.4 is 4.74 Å². The molecule has 2 heterocycles. The topological polar surface area (TPSA) is 70.1 Å². The van der Waals surface area contributed by atoms with Crippen molar-refractivity contribution < 1.29 is 19.4 Å². The maximum Gasteiger partial charge on any atom is 0.323 e. The predicted molar refractivity (Wildman–Crippen MR) is 84.8 cm³/mol. The van der Waals surface area contributed by atoms with Gasteiger partial charge in [-0.15, -0.1) is 0 Å². The van der Waals surface area contributed by atoms with Crippen LogP contribution in [0.25, 0.3) is 0 Å². The van der Waals surface area contributed by atoms with E-state index in [0.29, 0.717) is 17.9 Å². The molecule has 2 aliphatic heterocycles.